The van der Waals surface area contributed by atoms with Gasteiger partial charge in [-0.1, -0.05) is 12.1 Å². The second-order valence-electron chi connectivity index (χ2n) is 5.37. The molecule has 0 heterocycles. The number of benzene rings is 2. The SMILES string of the molecule is COc1cc(CNc2ccc([N+](=O)[O-])c(S(C)(=O)=O)c2)ccc1C. The van der Waals surface area contributed by atoms with Gasteiger partial charge in [0, 0.05) is 24.6 Å². The van der Waals surface area contributed by atoms with Crippen molar-refractivity contribution in [2.75, 3.05) is 18.7 Å². The minimum atomic E-state index is -3.70. The van der Waals surface area contributed by atoms with Gasteiger partial charge in [0.1, 0.15) is 10.6 Å². The van der Waals surface area contributed by atoms with Gasteiger partial charge in [-0.3, -0.25) is 10.1 Å². The first-order valence-electron chi connectivity index (χ1n) is 7.08. The molecule has 2 aromatic carbocycles. The summed E-state index contributed by atoms with van der Waals surface area (Å²) in [5.74, 6) is 0.759. The maximum absolute atomic E-state index is 11.8. The molecule has 0 aliphatic carbocycles. The number of nitro benzene ring substituents is 1. The molecule has 1 N–H and O–H groups in total. The highest BCUT2D eigenvalue weighted by atomic mass is 32.2. The smallest absolute Gasteiger partial charge is 0.288 e. The molecule has 128 valence electrons. The van der Waals surface area contributed by atoms with E-state index in [2.05, 4.69) is 5.32 Å². The molecule has 0 amide bonds. The summed E-state index contributed by atoms with van der Waals surface area (Å²) in [6.07, 6.45) is 0.948. The molecule has 0 spiro atoms. The maximum atomic E-state index is 11.8. The molecule has 0 bridgehead atoms. The number of methoxy groups -OCH3 is 1. The molecule has 0 radical (unpaired) electrons. The van der Waals surface area contributed by atoms with Crippen molar-refractivity contribution in [3.63, 3.8) is 0 Å². The topological polar surface area (TPSA) is 98.5 Å². The summed E-state index contributed by atoms with van der Waals surface area (Å²) in [6.45, 7) is 2.36. The highest BCUT2D eigenvalue weighted by Crippen LogP contribution is 2.27. The van der Waals surface area contributed by atoms with Crippen LogP contribution in [0.4, 0.5) is 11.4 Å². The zero-order chi connectivity index (χ0) is 17.9. The Morgan fingerprint density at radius 1 is 1.21 bits per heavy atom. The van der Waals surface area contributed by atoms with Crippen LogP contribution in [0, 0.1) is 17.0 Å². The van der Waals surface area contributed by atoms with Crippen molar-refractivity contribution in [3.05, 3.63) is 57.6 Å². The number of sulfone groups is 1. The fourth-order valence-corrected chi connectivity index (χ4v) is 3.11. The normalized spacial score (nSPS) is 11.1. The number of hydrogen-bond donors (Lipinski definition) is 1. The summed E-state index contributed by atoms with van der Waals surface area (Å²) in [4.78, 5) is 9.96. The Kier molecular flexibility index (Phi) is 5.08. The standard InChI is InChI=1S/C16H18N2O5S/c1-11-4-5-12(8-15(11)23-2)10-17-13-6-7-14(18(19)20)16(9-13)24(3,21)22/h4-9,17H,10H2,1-3H3. The second-order valence-corrected chi connectivity index (χ2v) is 7.35. The molecule has 2 rings (SSSR count). The van der Waals surface area contributed by atoms with E-state index in [0.29, 0.717) is 12.2 Å². The van der Waals surface area contributed by atoms with Crippen molar-refractivity contribution in [2.45, 2.75) is 18.4 Å². The van der Waals surface area contributed by atoms with Crippen molar-refractivity contribution >= 4 is 21.2 Å². The van der Waals surface area contributed by atoms with Gasteiger partial charge in [0.2, 0.25) is 0 Å². The van der Waals surface area contributed by atoms with Crippen molar-refractivity contribution in [1.29, 1.82) is 0 Å². The molecular formula is C16H18N2O5S. The van der Waals surface area contributed by atoms with Crippen LogP contribution in [0.3, 0.4) is 0 Å². The van der Waals surface area contributed by atoms with Gasteiger partial charge in [-0.15, -0.1) is 0 Å². The van der Waals surface area contributed by atoms with Crippen molar-refractivity contribution < 1.29 is 18.1 Å². The number of nitrogens with one attached hydrogen (secondary N) is 1. The number of anilines is 1. The molecule has 7 nitrogen and oxygen atoms in total. The van der Waals surface area contributed by atoms with E-state index in [9.17, 15) is 18.5 Å². The molecule has 0 saturated heterocycles. The first-order valence-corrected chi connectivity index (χ1v) is 8.97. The zero-order valence-electron chi connectivity index (χ0n) is 13.6. The number of ether oxygens (including phenoxy) is 1. The summed E-state index contributed by atoms with van der Waals surface area (Å²) >= 11 is 0. The van der Waals surface area contributed by atoms with Gasteiger partial charge in [0.05, 0.1) is 12.0 Å². The minimum absolute atomic E-state index is 0.306. The first kappa shape index (κ1) is 17.7. The van der Waals surface area contributed by atoms with Crippen LogP contribution >= 0.6 is 0 Å². The summed E-state index contributed by atoms with van der Waals surface area (Å²) in [5, 5.41) is 14.0. The molecular weight excluding hydrogens is 332 g/mol. The molecule has 0 aromatic heterocycles. The third-order valence-electron chi connectivity index (χ3n) is 3.53. The lowest BCUT2D eigenvalue weighted by Crippen LogP contribution is -2.05. The Morgan fingerprint density at radius 3 is 2.50 bits per heavy atom. The van der Waals surface area contributed by atoms with Crippen molar-refractivity contribution in [2.24, 2.45) is 0 Å². The lowest BCUT2D eigenvalue weighted by atomic mass is 10.1. The molecule has 0 unspecified atom stereocenters. The molecule has 8 heteroatoms. The Balaban J connectivity index is 2.26. The molecule has 0 aliphatic rings. The van der Waals surface area contributed by atoms with Gasteiger partial charge < -0.3 is 10.1 Å². The second kappa shape index (κ2) is 6.88. The highest BCUT2D eigenvalue weighted by molar-refractivity contribution is 7.90. The first-order chi connectivity index (χ1) is 11.2. The van der Waals surface area contributed by atoms with Gasteiger partial charge in [0.15, 0.2) is 9.84 Å². The maximum Gasteiger partial charge on any atom is 0.288 e. The van der Waals surface area contributed by atoms with Crippen LogP contribution in [0.25, 0.3) is 0 Å². The number of nitrogens with zero attached hydrogens (tertiary/aromatic N) is 1. The van der Waals surface area contributed by atoms with E-state index in [-0.39, 0.29) is 4.90 Å². The van der Waals surface area contributed by atoms with E-state index < -0.39 is 20.4 Å². The van der Waals surface area contributed by atoms with Crippen LogP contribution in [0.1, 0.15) is 11.1 Å². The van der Waals surface area contributed by atoms with Crippen molar-refractivity contribution in [1.82, 2.24) is 0 Å². The number of rotatable bonds is 6. The summed E-state index contributed by atoms with van der Waals surface area (Å²) in [5.41, 5.74) is 2.01. The van der Waals surface area contributed by atoms with E-state index in [0.717, 1.165) is 23.1 Å². The van der Waals surface area contributed by atoms with E-state index in [4.69, 9.17) is 4.74 Å². The Hall–Kier alpha value is -2.61. The molecule has 0 atom stereocenters. The predicted octanol–water partition coefficient (Wildman–Crippen LogP) is 2.93. The van der Waals surface area contributed by atoms with Crippen LogP contribution < -0.4 is 10.1 Å². The number of aryl methyl sites for hydroxylation is 1. The Labute approximate surface area is 140 Å². The number of hydrogen-bond acceptors (Lipinski definition) is 6. The molecule has 0 saturated carbocycles. The molecule has 0 fully saturated rings. The highest BCUT2D eigenvalue weighted by Gasteiger charge is 2.22. The molecule has 0 aliphatic heterocycles. The predicted molar refractivity (Wildman–Crippen MR) is 91.3 cm³/mol. The summed E-state index contributed by atoms with van der Waals surface area (Å²) in [6, 6.07) is 9.68. The quantitative estimate of drug-likeness (QED) is 0.635. The largest absolute Gasteiger partial charge is 0.496 e. The Morgan fingerprint density at radius 2 is 1.92 bits per heavy atom. The van der Waals surface area contributed by atoms with Crippen LogP contribution in [0.5, 0.6) is 5.75 Å². The Bertz CT molecular complexity index is 878. The van der Waals surface area contributed by atoms with Crippen LogP contribution in [0.2, 0.25) is 0 Å². The fraction of sp³-hybridized carbons (Fsp3) is 0.250. The average molecular weight is 350 g/mol. The zero-order valence-corrected chi connectivity index (χ0v) is 14.4. The van der Waals surface area contributed by atoms with E-state index in [1.807, 2.05) is 25.1 Å². The van der Waals surface area contributed by atoms with Crippen LogP contribution in [-0.2, 0) is 16.4 Å². The van der Waals surface area contributed by atoms with E-state index in [1.54, 1.807) is 7.11 Å². The van der Waals surface area contributed by atoms with Crippen molar-refractivity contribution in [3.8, 4) is 5.75 Å². The van der Waals surface area contributed by atoms with Gasteiger partial charge >= 0.3 is 0 Å². The van der Waals surface area contributed by atoms with E-state index in [1.165, 1.54) is 18.2 Å². The molecule has 2 aromatic rings. The average Bonchev–Trinajstić information content (AvgIpc) is 2.52. The van der Waals surface area contributed by atoms with Gasteiger partial charge in [0.25, 0.3) is 5.69 Å². The lowest BCUT2D eigenvalue weighted by molar-refractivity contribution is -0.387. The summed E-state index contributed by atoms with van der Waals surface area (Å²) in [7, 11) is -2.11. The third-order valence-corrected chi connectivity index (χ3v) is 4.65. The van der Waals surface area contributed by atoms with Gasteiger partial charge in [-0.25, -0.2) is 8.42 Å². The minimum Gasteiger partial charge on any atom is -0.496 e. The van der Waals surface area contributed by atoms with Gasteiger partial charge in [-0.05, 0) is 36.2 Å². The lowest BCUT2D eigenvalue weighted by Gasteiger charge is -2.11. The molecule has 24 heavy (non-hydrogen) atoms. The van der Waals surface area contributed by atoms with Crippen LogP contribution in [0.15, 0.2) is 41.3 Å². The monoisotopic (exact) mass is 350 g/mol. The van der Waals surface area contributed by atoms with Crippen LogP contribution in [-0.4, -0.2) is 26.7 Å². The third kappa shape index (κ3) is 4.02. The fourth-order valence-electron chi connectivity index (χ4n) is 2.25. The van der Waals surface area contributed by atoms with E-state index >= 15 is 0 Å². The van der Waals surface area contributed by atoms with Gasteiger partial charge in [-0.2, -0.15) is 0 Å². The number of nitro groups is 1. The summed E-state index contributed by atoms with van der Waals surface area (Å²) < 4.78 is 28.8.